The largest absolute Gasteiger partial charge is 0.493 e. The Morgan fingerprint density at radius 2 is 2.00 bits per heavy atom. The highest BCUT2D eigenvalue weighted by molar-refractivity contribution is 5.87. The van der Waals surface area contributed by atoms with Gasteiger partial charge in [-0.25, -0.2) is 0 Å². The summed E-state index contributed by atoms with van der Waals surface area (Å²) < 4.78 is 10.5. The van der Waals surface area contributed by atoms with E-state index < -0.39 is 0 Å². The summed E-state index contributed by atoms with van der Waals surface area (Å²) in [6.45, 7) is 0. The number of benzene rings is 1. The predicted octanol–water partition coefficient (Wildman–Crippen LogP) is 3.27. The Bertz CT molecular complexity index is 457. The molecule has 104 valence electrons. The fraction of sp³-hybridized carbons (Fsp3) is 0.533. The zero-order valence-electron chi connectivity index (χ0n) is 11.6. The number of hydrogen-bond donors (Lipinski definition) is 1. The van der Waals surface area contributed by atoms with Crippen LogP contribution in [0.3, 0.4) is 0 Å². The minimum absolute atomic E-state index is 0.344. The Kier molecular flexibility index (Phi) is 4.66. The Morgan fingerprint density at radius 1 is 1.21 bits per heavy atom. The molecule has 1 aliphatic carbocycles. The van der Waals surface area contributed by atoms with Crippen LogP contribution in [-0.2, 0) is 6.42 Å². The minimum Gasteiger partial charge on any atom is -0.493 e. The van der Waals surface area contributed by atoms with Crippen molar-refractivity contribution in [3.05, 3.63) is 23.8 Å². The summed E-state index contributed by atoms with van der Waals surface area (Å²) in [4.78, 5) is 0. The molecule has 0 heterocycles. The average molecular weight is 263 g/mol. The molecule has 0 aromatic heterocycles. The molecule has 4 heteroatoms. The molecule has 1 aromatic rings. The van der Waals surface area contributed by atoms with E-state index >= 15 is 0 Å². The number of methoxy groups -OCH3 is 2. The molecule has 0 radical (unpaired) electrons. The summed E-state index contributed by atoms with van der Waals surface area (Å²) in [5.74, 6) is 1.83. The van der Waals surface area contributed by atoms with E-state index in [1.165, 1.54) is 12.0 Å². The van der Waals surface area contributed by atoms with Crippen molar-refractivity contribution in [2.24, 2.45) is 11.1 Å². The van der Waals surface area contributed by atoms with E-state index in [9.17, 15) is 0 Å². The summed E-state index contributed by atoms with van der Waals surface area (Å²) in [6, 6.07) is 5.97. The standard InChI is InChI=1S/C15H21NO3/c1-18-14-8-7-11(10-15(14)19-2)9-12-5-3-4-6-13(12)16-17/h7-8,10,12,17H,3-6,9H2,1-2H3. The van der Waals surface area contributed by atoms with Gasteiger partial charge in [-0.15, -0.1) is 0 Å². The number of rotatable bonds is 4. The Balaban J connectivity index is 2.14. The van der Waals surface area contributed by atoms with E-state index in [-0.39, 0.29) is 0 Å². The van der Waals surface area contributed by atoms with Crippen LogP contribution in [0.25, 0.3) is 0 Å². The van der Waals surface area contributed by atoms with E-state index in [2.05, 4.69) is 5.16 Å². The van der Waals surface area contributed by atoms with Crippen molar-refractivity contribution in [1.29, 1.82) is 0 Å². The van der Waals surface area contributed by atoms with Gasteiger partial charge in [0.15, 0.2) is 11.5 Å². The molecule has 0 amide bonds. The van der Waals surface area contributed by atoms with Gasteiger partial charge in [0.1, 0.15) is 0 Å². The number of oxime groups is 1. The molecule has 1 aromatic carbocycles. The second-order valence-corrected chi connectivity index (χ2v) is 4.93. The maximum atomic E-state index is 9.07. The third-order valence-electron chi connectivity index (χ3n) is 3.77. The second kappa shape index (κ2) is 6.45. The third-order valence-corrected chi connectivity index (χ3v) is 3.77. The van der Waals surface area contributed by atoms with Crippen LogP contribution in [0.4, 0.5) is 0 Å². The van der Waals surface area contributed by atoms with Crippen LogP contribution in [0.1, 0.15) is 31.2 Å². The minimum atomic E-state index is 0.344. The molecule has 0 bridgehead atoms. The van der Waals surface area contributed by atoms with Crippen LogP contribution in [0, 0.1) is 5.92 Å². The Morgan fingerprint density at radius 3 is 2.68 bits per heavy atom. The van der Waals surface area contributed by atoms with Gasteiger partial charge in [-0.2, -0.15) is 0 Å². The van der Waals surface area contributed by atoms with E-state index in [4.69, 9.17) is 14.7 Å². The van der Waals surface area contributed by atoms with Crippen LogP contribution in [-0.4, -0.2) is 25.1 Å². The number of nitrogens with zero attached hydrogens (tertiary/aromatic N) is 1. The first-order valence-electron chi connectivity index (χ1n) is 6.70. The fourth-order valence-electron chi connectivity index (χ4n) is 2.71. The van der Waals surface area contributed by atoms with Gasteiger partial charge in [0, 0.05) is 5.92 Å². The summed E-state index contributed by atoms with van der Waals surface area (Å²) in [7, 11) is 3.28. The Labute approximate surface area is 114 Å². The average Bonchev–Trinajstić information content (AvgIpc) is 2.47. The summed E-state index contributed by atoms with van der Waals surface area (Å²) in [5, 5.41) is 12.5. The van der Waals surface area contributed by atoms with E-state index in [0.717, 1.165) is 42.9 Å². The highest BCUT2D eigenvalue weighted by Crippen LogP contribution is 2.31. The molecule has 19 heavy (non-hydrogen) atoms. The molecule has 2 rings (SSSR count). The first-order valence-corrected chi connectivity index (χ1v) is 6.70. The first kappa shape index (κ1) is 13.7. The van der Waals surface area contributed by atoms with Crippen LogP contribution in [0.2, 0.25) is 0 Å². The predicted molar refractivity (Wildman–Crippen MR) is 74.4 cm³/mol. The monoisotopic (exact) mass is 263 g/mol. The zero-order valence-corrected chi connectivity index (χ0v) is 11.6. The van der Waals surface area contributed by atoms with Gasteiger partial charge in [-0.1, -0.05) is 17.6 Å². The van der Waals surface area contributed by atoms with Gasteiger partial charge in [-0.3, -0.25) is 0 Å². The number of hydrogen-bond acceptors (Lipinski definition) is 4. The molecule has 1 N–H and O–H groups in total. The Hall–Kier alpha value is -1.71. The van der Waals surface area contributed by atoms with Crippen molar-refractivity contribution < 1.29 is 14.7 Å². The second-order valence-electron chi connectivity index (χ2n) is 4.93. The zero-order chi connectivity index (χ0) is 13.7. The molecule has 1 atom stereocenters. The third kappa shape index (κ3) is 3.19. The lowest BCUT2D eigenvalue weighted by molar-refractivity contribution is 0.308. The highest BCUT2D eigenvalue weighted by Gasteiger charge is 2.21. The van der Waals surface area contributed by atoms with Crippen molar-refractivity contribution in [2.45, 2.75) is 32.1 Å². The van der Waals surface area contributed by atoms with Gasteiger partial charge < -0.3 is 14.7 Å². The quantitative estimate of drug-likeness (QED) is 0.670. The molecule has 1 unspecified atom stereocenters. The highest BCUT2D eigenvalue weighted by atomic mass is 16.5. The van der Waals surface area contributed by atoms with Crippen LogP contribution in [0.5, 0.6) is 11.5 Å². The SMILES string of the molecule is COc1ccc(CC2CCCCC2=NO)cc1OC. The van der Waals surface area contributed by atoms with Gasteiger partial charge in [0.05, 0.1) is 19.9 Å². The van der Waals surface area contributed by atoms with Crippen LogP contribution in [0.15, 0.2) is 23.4 Å². The lowest BCUT2D eigenvalue weighted by Gasteiger charge is -2.23. The maximum absolute atomic E-state index is 9.07. The van der Waals surface area contributed by atoms with Gasteiger partial charge in [-0.05, 0) is 43.4 Å². The van der Waals surface area contributed by atoms with Gasteiger partial charge >= 0.3 is 0 Å². The van der Waals surface area contributed by atoms with Crippen LogP contribution < -0.4 is 9.47 Å². The maximum Gasteiger partial charge on any atom is 0.160 e. The smallest absolute Gasteiger partial charge is 0.160 e. The van der Waals surface area contributed by atoms with Crippen molar-refractivity contribution in [2.75, 3.05) is 14.2 Å². The first-order chi connectivity index (χ1) is 9.28. The summed E-state index contributed by atoms with van der Waals surface area (Å²) in [5.41, 5.74) is 2.12. The molecular formula is C15H21NO3. The van der Waals surface area contributed by atoms with E-state index in [0.29, 0.717) is 5.92 Å². The normalized spacial score (nSPS) is 21.4. The van der Waals surface area contributed by atoms with E-state index in [1.807, 2.05) is 18.2 Å². The molecule has 1 fully saturated rings. The summed E-state index contributed by atoms with van der Waals surface area (Å²) >= 11 is 0. The van der Waals surface area contributed by atoms with E-state index in [1.54, 1.807) is 14.2 Å². The van der Waals surface area contributed by atoms with Crippen molar-refractivity contribution in [3.8, 4) is 11.5 Å². The molecule has 4 nitrogen and oxygen atoms in total. The molecule has 0 saturated heterocycles. The summed E-state index contributed by atoms with van der Waals surface area (Å²) in [6.07, 6.45) is 5.22. The topological polar surface area (TPSA) is 51.0 Å². The molecular weight excluding hydrogens is 242 g/mol. The lowest BCUT2D eigenvalue weighted by Crippen LogP contribution is -2.21. The molecule has 0 spiro atoms. The molecule has 1 saturated carbocycles. The molecule has 0 aliphatic heterocycles. The van der Waals surface area contributed by atoms with Crippen molar-refractivity contribution >= 4 is 5.71 Å². The number of ether oxygens (including phenoxy) is 2. The van der Waals surface area contributed by atoms with Gasteiger partial charge in [0.2, 0.25) is 0 Å². The molecule has 1 aliphatic rings. The van der Waals surface area contributed by atoms with Crippen molar-refractivity contribution in [1.82, 2.24) is 0 Å². The fourth-order valence-corrected chi connectivity index (χ4v) is 2.71. The lowest BCUT2D eigenvalue weighted by atomic mass is 9.83. The van der Waals surface area contributed by atoms with Gasteiger partial charge in [0.25, 0.3) is 0 Å². The van der Waals surface area contributed by atoms with Crippen LogP contribution >= 0.6 is 0 Å². The van der Waals surface area contributed by atoms with Crippen molar-refractivity contribution in [3.63, 3.8) is 0 Å².